The SMILES string of the molecule is CC(=O)O.CC(=O)O.CCCCCCC#CC(C)C(O)CCCCO. The molecule has 6 nitrogen and oxygen atoms in total. The Labute approximate surface area is 152 Å². The Morgan fingerprint density at radius 1 is 0.960 bits per heavy atom. The molecule has 0 saturated heterocycles. The monoisotopic (exact) mass is 360 g/mol. The zero-order valence-corrected chi connectivity index (χ0v) is 16.1. The van der Waals surface area contributed by atoms with Crippen LogP contribution in [0.15, 0.2) is 0 Å². The highest BCUT2D eigenvalue weighted by Gasteiger charge is 2.10. The van der Waals surface area contributed by atoms with Gasteiger partial charge in [-0.2, -0.15) is 0 Å². The van der Waals surface area contributed by atoms with Gasteiger partial charge in [0, 0.05) is 32.8 Å². The van der Waals surface area contributed by atoms with Gasteiger partial charge in [-0.1, -0.05) is 32.1 Å². The van der Waals surface area contributed by atoms with Gasteiger partial charge in [-0.05, 0) is 32.6 Å². The van der Waals surface area contributed by atoms with E-state index in [1.54, 1.807) is 0 Å². The molecule has 0 aliphatic rings. The minimum atomic E-state index is -0.833. The number of aliphatic hydroxyl groups excluding tert-OH is 2. The van der Waals surface area contributed by atoms with Crippen LogP contribution in [0.5, 0.6) is 0 Å². The summed E-state index contributed by atoms with van der Waals surface area (Å²) in [5.41, 5.74) is 0. The van der Waals surface area contributed by atoms with Gasteiger partial charge in [0.15, 0.2) is 0 Å². The van der Waals surface area contributed by atoms with Gasteiger partial charge in [0.25, 0.3) is 11.9 Å². The Kier molecular flexibility index (Phi) is 25.3. The van der Waals surface area contributed by atoms with Crippen LogP contribution >= 0.6 is 0 Å². The second-order valence-electron chi connectivity index (χ2n) is 5.75. The van der Waals surface area contributed by atoms with Gasteiger partial charge in [0.05, 0.1) is 6.10 Å². The molecular formula is C19H36O6. The molecule has 2 unspecified atom stereocenters. The van der Waals surface area contributed by atoms with E-state index in [1.165, 1.54) is 25.7 Å². The van der Waals surface area contributed by atoms with Crippen LogP contribution < -0.4 is 0 Å². The smallest absolute Gasteiger partial charge is 0.300 e. The zero-order valence-electron chi connectivity index (χ0n) is 16.1. The van der Waals surface area contributed by atoms with Crippen molar-refractivity contribution in [2.24, 2.45) is 5.92 Å². The highest BCUT2D eigenvalue weighted by Crippen LogP contribution is 2.10. The molecule has 0 aromatic rings. The summed E-state index contributed by atoms with van der Waals surface area (Å²) in [6.45, 7) is 6.56. The molecule has 148 valence electrons. The van der Waals surface area contributed by atoms with Gasteiger partial charge < -0.3 is 20.4 Å². The van der Waals surface area contributed by atoms with Crippen LogP contribution in [0.1, 0.15) is 79.1 Å². The van der Waals surface area contributed by atoms with E-state index < -0.39 is 11.9 Å². The summed E-state index contributed by atoms with van der Waals surface area (Å²) >= 11 is 0. The molecule has 0 bridgehead atoms. The van der Waals surface area contributed by atoms with Gasteiger partial charge >= 0.3 is 0 Å². The van der Waals surface area contributed by atoms with Gasteiger partial charge in [-0.25, -0.2) is 0 Å². The first-order valence-corrected chi connectivity index (χ1v) is 8.85. The maximum absolute atomic E-state index is 9.80. The number of unbranched alkanes of at least 4 members (excludes halogenated alkanes) is 5. The molecule has 0 amide bonds. The molecule has 0 fully saturated rings. The average molecular weight is 360 g/mol. The Balaban J connectivity index is -0.000000503. The summed E-state index contributed by atoms with van der Waals surface area (Å²) in [5.74, 6) is 4.67. The number of hydrogen-bond donors (Lipinski definition) is 4. The molecule has 0 radical (unpaired) electrons. The number of rotatable bonds is 9. The van der Waals surface area contributed by atoms with E-state index in [9.17, 15) is 5.11 Å². The highest BCUT2D eigenvalue weighted by atomic mass is 16.4. The number of carboxylic acid groups (broad SMARTS) is 2. The van der Waals surface area contributed by atoms with Crippen molar-refractivity contribution in [3.63, 3.8) is 0 Å². The molecule has 0 aliphatic carbocycles. The first-order chi connectivity index (χ1) is 11.7. The molecule has 0 rings (SSSR count). The molecule has 0 aromatic carbocycles. The van der Waals surface area contributed by atoms with Crippen molar-refractivity contribution in [3.8, 4) is 11.8 Å². The van der Waals surface area contributed by atoms with Crippen LogP contribution in [0.3, 0.4) is 0 Å². The molecule has 0 aromatic heterocycles. The molecular weight excluding hydrogens is 324 g/mol. The molecule has 0 spiro atoms. The van der Waals surface area contributed by atoms with Crippen LogP contribution in [0.25, 0.3) is 0 Å². The van der Waals surface area contributed by atoms with Crippen molar-refractivity contribution >= 4 is 11.9 Å². The van der Waals surface area contributed by atoms with E-state index in [2.05, 4.69) is 18.8 Å². The quantitative estimate of drug-likeness (QED) is 0.370. The van der Waals surface area contributed by atoms with Gasteiger partial charge in [0.1, 0.15) is 0 Å². The number of carbonyl (C=O) groups is 2. The van der Waals surface area contributed by atoms with Crippen LogP contribution in [0.4, 0.5) is 0 Å². The number of aliphatic carboxylic acids is 2. The van der Waals surface area contributed by atoms with Crippen molar-refractivity contribution in [3.05, 3.63) is 0 Å². The number of carboxylic acids is 2. The molecule has 0 saturated carbocycles. The Bertz CT molecular complexity index is 350. The van der Waals surface area contributed by atoms with Crippen molar-refractivity contribution in [2.75, 3.05) is 6.61 Å². The van der Waals surface area contributed by atoms with E-state index in [4.69, 9.17) is 24.9 Å². The lowest BCUT2D eigenvalue weighted by Gasteiger charge is -2.12. The van der Waals surface area contributed by atoms with Crippen LogP contribution in [0, 0.1) is 17.8 Å². The molecule has 0 aliphatic heterocycles. The van der Waals surface area contributed by atoms with E-state index in [0.717, 1.165) is 39.5 Å². The largest absolute Gasteiger partial charge is 0.481 e. The third-order valence-corrected chi connectivity index (χ3v) is 2.97. The minimum Gasteiger partial charge on any atom is -0.481 e. The Morgan fingerprint density at radius 2 is 1.48 bits per heavy atom. The first-order valence-electron chi connectivity index (χ1n) is 8.85. The first kappa shape index (κ1) is 28.2. The topological polar surface area (TPSA) is 115 Å². The summed E-state index contributed by atoms with van der Waals surface area (Å²) < 4.78 is 0. The lowest BCUT2D eigenvalue weighted by molar-refractivity contribution is -0.135. The number of aliphatic hydroxyl groups is 2. The third kappa shape index (κ3) is 39.3. The fourth-order valence-corrected chi connectivity index (χ4v) is 1.68. The summed E-state index contributed by atoms with van der Waals surface area (Å²) in [7, 11) is 0. The standard InChI is InChI=1S/C15H28O2.2C2H4O2/c1-3-4-5-6-7-8-11-14(2)15(17)12-9-10-13-16;2*1-2(3)4/h14-17H,3-7,9-10,12-13H2,1-2H3;2*1H3,(H,3,4). The maximum atomic E-state index is 9.80. The maximum Gasteiger partial charge on any atom is 0.300 e. The predicted molar refractivity (Wildman–Crippen MR) is 99.3 cm³/mol. The molecule has 0 heterocycles. The molecule has 2 atom stereocenters. The van der Waals surface area contributed by atoms with Crippen molar-refractivity contribution in [1.82, 2.24) is 0 Å². The average Bonchev–Trinajstić information content (AvgIpc) is 2.49. The third-order valence-electron chi connectivity index (χ3n) is 2.97. The molecule has 4 N–H and O–H groups in total. The van der Waals surface area contributed by atoms with E-state index >= 15 is 0 Å². The minimum absolute atomic E-state index is 0.0554. The lowest BCUT2D eigenvalue weighted by atomic mass is 10.00. The van der Waals surface area contributed by atoms with Gasteiger partial charge in [-0.3, -0.25) is 9.59 Å². The van der Waals surface area contributed by atoms with Crippen LogP contribution in [-0.4, -0.2) is 45.1 Å². The zero-order chi connectivity index (χ0) is 20.1. The summed E-state index contributed by atoms with van der Waals surface area (Å²) in [5, 5.41) is 33.3. The van der Waals surface area contributed by atoms with E-state index in [1.807, 2.05) is 6.92 Å². The van der Waals surface area contributed by atoms with Crippen molar-refractivity contribution < 1.29 is 30.0 Å². The number of hydrogen-bond acceptors (Lipinski definition) is 4. The van der Waals surface area contributed by atoms with Crippen LogP contribution in [-0.2, 0) is 9.59 Å². The van der Waals surface area contributed by atoms with Gasteiger partial charge in [0.2, 0.25) is 0 Å². The predicted octanol–water partition coefficient (Wildman–Crippen LogP) is 3.30. The second kappa shape index (κ2) is 22.4. The summed E-state index contributed by atoms with van der Waals surface area (Å²) in [4.78, 5) is 18.0. The molecule has 25 heavy (non-hydrogen) atoms. The lowest BCUT2D eigenvalue weighted by Crippen LogP contribution is -2.16. The van der Waals surface area contributed by atoms with Crippen molar-refractivity contribution in [1.29, 1.82) is 0 Å². The van der Waals surface area contributed by atoms with Crippen LogP contribution in [0.2, 0.25) is 0 Å². The van der Waals surface area contributed by atoms with Gasteiger partial charge in [-0.15, -0.1) is 5.92 Å². The van der Waals surface area contributed by atoms with E-state index in [-0.39, 0.29) is 18.6 Å². The normalized spacial score (nSPS) is 11.4. The highest BCUT2D eigenvalue weighted by molar-refractivity contribution is 5.63. The second-order valence-corrected chi connectivity index (χ2v) is 5.75. The molecule has 6 heteroatoms. The fourth-order valence-electron chi connectivity index (χ4n) is 1.68. The summed E-state index contributed by atoms with van der Waals surface area (Å²) in [6, 6.07) is 0. The van der Waals surface area contributed by atoms with Crippen molar-refractivity contribution in [2.45, 2.75) is 85.2 Å². The Hall–Kier alpha value is -1.58. The summed E-state index contributed by atoms with van der Waals surface area (Å²) in [6.07, 6.45) is 7.99. The van der Waals surface area contributed by atoms with E-state index in [0.29, 0.717) is 0 Å². The Morgan fingerprint density at radius 3 is 1.92 bits per heavy atom. The fraction of sp³-hybridized carbons (Fsp3) is 0.789.